The van der Waals surface area contributed by atoms with Crippen molar-refractivity contribution in [3.05, 3.63) is 0 Å². The Morgan fingerprint density at radius 1 is 0.650 bits per heavy atom. The van der Waals surface area contributed by atoms with Crippen LogP contribution in [0.3, 0.4) is 0 Å². The van der Waals surface area contributed by atoms with Gasteiger partial charge in [0.05, 0.1) is 13.1 Å². The van der Waals surface area contributed by atoms with Crippen LogP contribution < -0.4 is 37.7 Å². The molecule has 0 aromatic carbocycles. The Balaban J connectivity index is -0.000000238. The molecule has 8 radical (unpaired) electrons. The first-order chi connectivity index (χ1) is 18.9. The Morgan fingerprint density at radius 3 is 1.55 bits per heavy atom. The molecule has 0 unspecified atom stereocenters. The second-order valence-electron chi connectivity index (χ2n) is 8.51. The predicted octanol–water partition coefficient (Wildman–Crippen LogP) is -2.08. The van der Waals surface area contributed by atoms with Gasteiger partial charge in [-0.15, -0.1) is 0 Å². The lowest BCUT2D eigenvalue weighted by molar-refractivity contribution is -0.125. The Morgan fingerprint density at radius 2 is 1.12 bits per heavy atom. The number of nitrogens with one attached hydrogen (secondary N) is 5. The van der Waals surface area contributed by atoms with E-state index in [1.54, 1.807) is 0 Å². The quantitative estimate of drug-likeness (QED) is 0.0730. The van der Waals surface area contributed by atoms with Gasteiger partial charge in [0.1, 0.15) is 5.78 Å². The van der Waals surface area contributed by atoms with Crippen molar-refractivity contribution < 1.29 is 28.8 Å². The maximum Gasteiger partial charge on any atom is 0.226 e. The number of rotatable bonds is 18. The first-order valence-electron chi connectivity index (χ1n) is 13.0. The zero-order valence-electron chi connectivity index (χ0n) is 24.2. The predicted molar refractivity (Wildman–Crippen MR) is 158 cm³/mol. The van der Waals surface area contributed by atoms with E-state index in [1.165, 1.54) is 12.8 Å². The van der Waals surface area contributed by atoms with E-state index in [-0.39, 0.29) is 55.4 Å². The van der Waals surface area contributed by atoms with Gasteiger partial charge in [0, 0.05) is 38.1 Å². The molecule has 0 aliphatic heterocycles. The Kier molecular flexibility index (Phi) is 37.8. The van der Waals surface area contributed by atoms with Crippen LogP contribution in [0.25, 0.3) is 0 Å². The third-order valence-corrected chi connectivity index (χ3v) is 4.73. The highest BCUT2D eigenvalue weighted by Gasteiger charge is 2.06. The fourth-order valence-corrected chi connectivity index (χ4v) is 2.45. The van der Waals surface area contributed by atoms with Gasteiger partial charge in [-0.2, -0.15) is 0 Å². The molecule has 0 atom stereocenters. The van der Waals surface area contributed by atoms with Gasteiger partial charge in [-0.05, 0) is 19.3 Å². The highest BCUT2D eigenvalue weighted by Crippen LogP contribution is 2.05. The Bertz CT molecular complexity index is 689. The first-order valence-corrected chi connectivity index (χ1v) is 13.0. The van der Waals surface area contributed by atoms with Crippen molar-refractivity contribution >= 4 is 67.2 Å². The number of unbranched alkanes of at least 4 members (excludes halogenated alkanes) is 4. The summed E-state index contributed by atoms with van der Waals surface area (Å²) in [5.41, 5.74) is 8.95. The SMILES string of the molecule is CC(C)C(=O)CCCCC(N)=O.[B]N.[B]NC(=O)CCC(=O)NCCCCCC.[B]NC(=O)CNCC(=O)N[B]. The number of nitrogens with two attached hydrogens (primary N) is 2. The molecule has 9 N–H and O–H groups in total. The highest BCUT2D eigenvalue weighted by atomic mass is 16.2. The lowest BCUT2D eigenvalue weighted by Gasteiger charge is -2.04. The molecule has 40 heavy (non-hydrogen) atoms. The van der Waals surface area contributed by atoms with E-state index in [0.717, 1.165) is 25.7 Å². The van der Waals surface area contributed by atoms with Crippen molar-refractivity contribution in [2.24, 2.45) is 17.3 Å². The van der Waals surface area contributed by atoms with Crippen LogP contribution in [0.5, 0.6) is 0 Å². The third-order valence-electron chi connectivity index (χ3n) is 4.73. The van der Waals surface area contributed by atoms with Crippen LogP contribution in [0.15, 0.2) is 0 Å². The van der Waals surface area contributed by atoms with E-state index in [0.29, 0.717) is 19.4 Å². The number of ketones is 1. The van der Waals surface area contributed by atoms with Gasteiger partial charge in [-0.1, -0.05) is 40.0 Å². The van der Waals surface area contributed by atoms with Gasteiger partial charge in [0.2, 0.25) is 53.5 Å². The second-order valence-corrected chi connectivity index (χ2v) is 8.51. The van der Waals surface area contributed by atoms with Gasteiger partial charge in [0.15, 0.2) is 7.98 Å². The largest absolute Gasteiger partial charge is 0.409 e. The molecular formula is C23H45B4N7O6. The number of carbonyl (C=O) groups excluding carboxylic acids is 6. The maximum atomic E-state index is 11.2. The zero-order valence-corrected chi connectivity index (χ0v) is 24.2. The van der Waals surface area contributed by atoms with Crippen LogP contribution in [0.1, 0.15) is 85.0 Å². The van der Waals surface area contributed by atoms with Gasteiger partial charge < -0.3 is 32.4 Å². The highest BCUT2D eigenvalue weighted by molar-refractivity contribution is 6.15. The van der Waals surface area contributed by atoms with Crippen molar-refractivity contribution in [1.82, 2.24) is 26.3 Å². The van der Waals surface area contributed by atoms with Crippen LogP contribution in [0.2, 0.25) is 0 Å². The molecule has 13 nitrogen and oxygen atoms in total. The number of primary amides is 1. The number of Topliss-reactive ketones (excluding diaryl/α,β-unsaturated/α-hetero) is 1. The van der Waals surface area contributed by atoms with Crippen molar-refractivity contribution in [1.29, 1.82) is 0 Å². The lowest BCUT2D eigenvalue weighted by atomic mass is 10.0. The Hall–Kier alpha value is -2.80. The molecule has 0 rings (SSSR count). The first kappa shape index (κ1) is 44.2. The number of hydrogen-bond donors (Lipinski definition) is 7. The van der Waals surface area contributed by atoms with Crippen LogP contribution in [0, 0.1) is 5.92 Å². The molecule has 0 bridgehead atoms. The average Bonchev–Trinajstić information content (AvgIpc) is 2.95. The minimum Gasteiger partial charge on any atom is -0.409 e. The normalized spacial score (nSPS) is 9.22. The summed E-state index contributed by atoms with van der Waals surface area (Å²) in [6.45, 7) is 6.59. The fourth-order valence-electron chi connectivity index (χ4n) is 2.45. The summed E-state index contributed by atoms with van der Waals surface area (Å²) in [5, 5.41) is 11.0. The fraction of sp³-hybridized carbons (Fsp3) is 0.739. The van der Waals surface area contributed by atoms with Crippen LogP contribution in [-0.4, -0.2) is 86.9 Å². The molecule has 5 amide bonds. The molecule has 0 aromatic rings. The van der Waals surface area contributed by atoms with Crippen LogP contribution >= 0.6 is 0 Å². The minimum atomic E-state index is -0.394. The van der Waals surface area contributed by atoms with Crippen LogP contribution in [0.4, 0.5) is 0 Å². The Labute approximate surface area is 244 Å². The molecule has 0 spiro atoms. The van der Waals surface area contributed by atoms with Crippen molar-refractivity contribution in [3.63, 3.8) is 0 Å². The standard InChI is InChI=1S/C10H19BN2O2.C9H17NO2.C4H7B2N3O2.BH2N/c1-2-3-4-5-8-12-9(14)6-7-10(15)13-11;1-7(2)8(11)5-3-4-6-9(10)12;5-8-3(10)1-7-2-4(11)9-6;1-2/h2-8H2,1H3,(H,12,14)(H,13,15);7H,3-6H2,1-2H3,(H2,10,12);7H,1-2H2,(H,8,10)(H,9,11);2H2. The number of hydrogen-bond acceptors (Lipinski definition) is 8. The summed E-state index contributed by atoms with van der Waals surface area (Å²) in [7, 11) is 18.4. The van der Waals surface area contributed by atoms with Crippen molar-refractivity contribution in [3.8, 4) is 0 Å². The second kappa shape index (κ2) is 34.2. The van der Waals surface area contributed by atoms with Crippen molar-refractivity contribution in [2.75, 3.05) is 19.6 Å². The molecule has 17 heteroatoms. The molecule has 0 aliphatic rings. The van der Waals surface area contributed by atoms with E-state index < -0.39 is 11.8 Å². The van der Waals surface area contributed by atoms with E-state index in [1.807, 2.05) is 29.5 Å². The molecule has 0 aliphatic carbocycles. The smallest absolute Gasteiger partial charge is 0.226 e. The lowest BCUT2D eigenvalue weighted by Crippen LogP contribution is -2.38. The van der Waals surface area contributed by atoms with Crippen LogP contribution in [-0.2, 0) is 28.8 Å². The van der Waals surface area contributed by atoms with Crippen molar-refractivity contribution in [2.45, 2.75) is 85.0 Å². The van der Waals surface area contributed by atoms with Gasteiger partial charge in [-0.25, -0.2) is 0 Å². The summed E-state index contributed by atoms with van der Waals surface area (Å²) < 4.78 is 0. The van der Waals surface area contributed by atoms with Gasteiger partial charge in [0.25, 0.3) is 0 Å². The molecule has 220 valence electrons. The summed E-state index contributed by atoms with van der Waals surface area (Å²) in [5.74, 6) is -1.10. The maximum absolute atomic E-state index is 11.2. The van der Waals surface area contributed by atoms with E-state index in [4.69, 9.17) is 29.7 Å². The zero-order chi connectivity index (χ0) is 31.8. The van der Waals surface area contributed by atoms with Gasteiger partial charge in [-0.3, -0.25) is 34.1 Å². The average molecular weight is 559 g/mol. The molecule has 0 aromatic heterocycles. The summed E-state index contributed by atoms with van der Waals surface area (Å²) >= 11 is 0. The summed E-state index contributed by atoms with van der Waals surface area (Å²) in [6, 6.07) is 0. The minimum absolute atomic E-state index is 0.0100. The monoisotopic (exact) mass is 559 g/mol. The molecule has 0 saturated heterocycles. The van der Waals surface area contributed by atoms with E-state index in [2.05, 4.69) is 31.2 Å². The summed E-state index contributed by atoms with van der Waals surface area (Å²) in [4.78, 5) is 64.1. The number of amides is 5. The molecule has 0 fully saturated rings. The molecular weight excluding hydrogens is 514 g/mol. The van der Waals surface area contributed by atoms with E-state index in [9.17, 15) is 28.8 Å². The molecule has 0 saturated carbocycles. The van der Waals surface area contributed by atoms with E-state index >= 15 is 0 Å². The summed E-state index contributed by atoms with van der Waals surface area (Å²) in [6.07, 6.45) is 7.36. The number of carbonyl (C=O) groups is 6. The van der Waals surface area contributed by atoms with Gasteiger partial charge >= 0.3 is 0 Å². The molecule has 0 heterocycles. The third kappa shape index (κ3) is 39.7. The topological polar surface area (TPSA) is 215 Å².